The molecule has 0 spiro atoms. The Bertz CT molecular complexity index is 579. The fraction of sp³-hybridized carbons (Fsp3) is 0.143. The summed E-state index contributed by atoms with van der Waals surface area (Å²) in [6.45, 7) is 0.410. The number of nitrogens with zero attached hydrogens (tertiary/aromatic N) is 1. The smallest absolute Gasteiger partial charge is 0.253 e. The molecule has 0 saturated carbocycles. The van der Waals surface area contributed by atoms with Crippen molar-refractivity contribution in [2.45, 2.75) is 6.42 Å². The van der Waals surface area contributed by atoms with E-state index in [1.54, 1.807) is 30.4 Å². The molecule has 1 aliphatic heterocycles. The van der Waals surface area contributed by atoms with Crippen LogP contribution in [0.2, 0.25) is 10.0 Å². The Morgan fingerprint density at radius 2 is 2.11 bits per heavy atom. The number of imide groups is 1. The largest absolute Gasteiger partial charge is 0.275 e. The summed E-state index contributed by atoms with van der Waals surface area (Å²) in [4.78, 5) is 24.6. The molecule has 1 heterocycles. The molecule has 0 unspecified atom stereocenters. The average molecular weight is 296 g/mol. The highest BCUT2D eigenvalue weighted by molar-refractivity contribution is 6.35. The van der Waals surface area contributed by atoms with Gasteiger partial charge in [-0.1, -0.05) is 35.3 Å². The number of rotatable bonds is 2. The van der Waals surface area contributed by atoms with Gasteiger partial charge < -0.3 is 0 Å². The van der Waals surface area contributed by atoms with E-state index in [0.717, 1.165) is 0 Å². The van der Waals surface area contributed by atoms with Crippen LogP contribution in [0.3, 0.4) is 0 Å². The summed E-state index contributed by atoms with van der Waals surface area (Å²) in [5.74, 6) is -0.636. The van der Waals surface area contributed by atoms with Gasteiger partial charge in [0.2, 0.25) is 0 Å². The second kappa shape index (κ2) is 6.04. The molecular weight excluding hydrogens is 285 g/mol. The van der Waals surface area contributed by atoms with Gasteiger partial charge in [-0.15, -0.1) is 0 Å². The Labute approximate surface area is 121 Å². The number of carbonyl (C=O) groups is 2. The number of hydrogen-bond acceptors (Lipinski definition) is 2. The van der Waals surface area contributed by atoms with E-state index in [2.05, 4.69) is 0 Å². The third-order valence-electron chi connectivity index (χ3n) is 2.68. The molecule has 0 bridgehead atoms. The number of hydrogen-bond donors (Lipinski definition) is 0. The number of benzene rings is 1. The summed E-state index contributed by atoms with van der Waals surface area (Å²) in [7, 11) is 0. The van der Waals surface area contributed by atoms with Gasteiger partial charge in [0.05, 0.1) is 0 Å². The van der Waals surface area contributed by atoms with Gasteiger partial charge in [-0.25, -0.2) is 0 Å². The van der Waals surface area contributed by atoms with Crippen molar-refractivity contribution >= 4 is 41.1 Å². The Morgan fingerprint density at radius 1 is 1.32 bits per heavy atom. The van der Waals surface area contributed by atoms with E-state index in [9.17, 15) is 9.59 Å². The minimum Gasteiger partial charge on any atom is -0.275 e. The third-order valence-corrected chi connectivity index (χ3v) is 3.24. The number of amides is 2. The maximum Gasteiger partial charge on any atom is 0.253 e. The zero-order valence-corrected chi connectivity index (χ0v) is 11.5. The minimum atomic E-state index is -0.347. The molecule has 3 nitrogen and oxygen atoms in total. The van der Waals surface area contributed by atoms with Gasteiger partial charge in [-0.3, -0.25) is 14.5 Å². The highest BCUT2D eigenvalue weighted by Crippen LogP contribution is 2.22. The molecule has 0 aliphatic carbocycles. The van der Waals surface area contributed by atoms with Crippen molar-refractivity contribution < 1.29 is 9.59 Å². The fourth-order valence-electron chi connectivity index (χ4n) is 1.69. The zero-order chi connectivity index (χ0) is 13.8. The molecule has 1 aromatic rings. The average Bonchev–Trinajstić information content (AvgIpc) is 2.38. The minimum absolute atomic E-state index is 0.289. The highest BCUT2D eigenvalue weighted by Gasteiger charge is 2.18. The first-order valence-corrected chi connectivity index (χ1v) is 6.48. The standard InChI is InChI=1S/C14H11Cl2NO2/c15-11-6-4-10(12(16)9-11)5-7-14(19)17-8-2-1-3-13(17)18/h1,3-7,9H,2,8H2/b7-5+. The molecule has 0 N–H and O–H groups in total. The van der Waals surface area contributed by atoms with Crippen LogP contribution < -0.4 is 0 Å². The predicted molar refractivity (Wildman–Crippen MR) is 76.0 cm³/mol. The molecule has 19 heavy (non-hydrogen) atoms. The third kappa shape index (κ3) is 3.46. The van der Waals surface area contributed by atoms with Crippen molar-refractivity contribution in [3.63, 3.8) is 0 Å². The molecule has 2 amide bonds. The Hall–Kier alpha value is -1.58. The van der Waals surface area contributed by atoms with Crippen LogP contribution in [-0.2, 0) is 9.59 Å². The van der Waals surface area contributed by atoms with Gasteiger partial charge in [0.1, 0.15) is 0 Å². The van der Waals surface area contributed by atoms with E-state index >= 15 is 0 Å². The van der Waals surface area contributed by atoms with Gasteiger partial charge in [0, 0.05) is 22.7 Å². The van der Waals surface area contributed by atoms with Gasteiger partial charge in [-0.05, 0) is 36.3 Å². The Kier molecular flexibility index (Phi) is 4.40. The van der Waals surface area contributed by atoms with Crippen LogP contribution in [0, 0.1) is 0 Å². The SMILES string of the molecule is O=C1C=CCCN1C(=O)/C=C/c1ccc(Cl)cc1Cl. The molecule has 1 aliphatic rings. The zero-order valence-electron chi connectivity index (χ0n) is 9.98. The lowest BCUT2D eigenvalue weighted by Gasteiger charge is -2.19. The summed E-state index contributed by atoms with van der Waals surface area (Å²) in [6.07, 6.45) is 6.77. The Balaban J connectivity index is 2.12. The summed E-state index contributed by atoms with van der Waals surface area (Å²) in [5.41, 5.74) is 0.680. The second-order valence-electron chi connectivity index (χ2n) is 4.02. The molecular formula is C14H11Cl2NO2. The van der Waals surface area contributed by atoms with Crippen molar-refractivity contribution in [1.29, 1.82) is 0 Å². The lowest BCUT2D eigenvalue weighted by molar-refractivity contribution is -0.139. The normalized spacial score (nSPS) is 15.3. The topological polar surface area (TPSA) is 37.4 Å². The van der Waals surface area contributed by atoms with Crippen LogP contribution in [0.5, 0.6) is 0 Å². The Morgan fingerprint density at radius 3 is 2.79 bits per heavy atom. The molecule has 5 heteroatoms. The summed E-state index contributed by atoms with van der Waals surface area (Å²) in [5, 5.41) is 0.992. The van der Waals surface area contributed by atoms with Crippen LogP contribution in [0.15, 0.2) is 36.4 Å². The second-order valence-corrected chi connectivity index (χ2v) is 4.86. The van der Waals surface area contributed by atoms with Crippen molar-refractivity contribution in [2.75, 3.05) is 6.54 Å². The van der Waals surface area contributed by atoms with E-state index in [0.29, 0.717) is 28.6 Å². The van der Waals surface area contributed by atoms with E-state index < -0.39 is 0 Å². The lowest BCUT2D eigenvalue weighted by Crippen LogP contribution is -2.37. The van der Waals surface area contributed by atoms with Gasteiger partial charge in [0.25, 0.3) is 11.8 Å². The van der Waals surface area contributed by atoms with Crippen LogP contribution in [0.1, 0.15) is 12.0 Å². The van der Waals surface area contributed by atoms with Crippen LogP contribution in [0.25, 0.3) is 6.08 Å². The van der Waals surface area contributed by atoms with Crippen molar-refractivity contribution in [1.82, 2.24) is 4.90 Å². The molecule has 0 saturated heterocycles. The molecule has 1 aromatic carbocycles. The van der Waals surface area contributed by atoms with Crippen molar-refractivity contribution in [2.24, 2.45) is 0 Å². The van der Waals surface area contributed by atoms with Crippen LogP contribution in [-0.4, -0.2) is 23.3 Å². The maximum absolute atomic E-state index is 11.9. The molecule has 0 aromatic heterocycles. The first kappa shape index (κ1) is 13.8. The number of halogens is 2. The van der Waals surface area contributed by atoms with E-state index in [1.807, 2.05) is 0 Å². The predicted octanol–water partition coefficient (Wildman–Crippen LogP) is 3.32. The van der Waals surface area contributed by atoms with Crippen molar-refractivity contribution in [3.8, 4) is 0 Å². The fourth-order valence-corrected chi connectivity index (χ4v) is 2.17. The summed E-state index contributed by atoms with van der Waals surface area (Å²) in [6, 6.07) is 5.00. The first-order valence-electron chi connectivity index (χ1n) is 5.73. The van der Waals surface area contributed by atoms with Crippen molar-refractivity contribution in [3.05, 3.63) is 52.0 Å². The first-order chi connectivity index (χ1) is 9.08. The van der Waals surface area contributed by atoms with E-state index in [-0.39, 0.29) is 11.8 Å². The van der Waals surface area contributed by atoms with Crippen LogP contribution in [0.4, 0.5) is 0 Å². The van der Waals surface area contributed by atoms with Crippen LogP contribution >= 0.6 is 23.2 Å². The van der Waals surface area contributed by atoms with E-state index in [1.165, 1.54) is 17.1 Å². The molecule has 2 rings (SSSR count). The molecule has 0 atom stereocenters. The molecule has 0 fully saturated rings. The monoisotopic (exact) mass is 295 g/mol. The number of carbonyl (C=O) groups excluding carboxylic acids is 2. The highest BCUT2D eigenvalue weighted by atomic mass is 35.5. The lowest BCUT2D eigenvalue weighted by atomic mass is 10.2. The molecule has 0 radical (unpaired) electrons. The van der Waals surface area contributed by atoms with Gasteiger partial charge in [0.15, 0.2) is 0 Å². The van der Waals surface area contributed by atoms with E-state index in [4.69, 9.17) is 23.2 Å². The summed E-state index contributed by atoms with van der Waals surface area (Å²) >= 11 is 11.8. The summed E-state index contributed by atoms with van der Waals surface area (Å²) < 4.78 is 0. The quantitative estimate of drug-likeness (QED) is 0.785. The van der Waals surface area contributed by atoms with Gasteiger partial charge in [-0.2, -0.15) is 0 Å². The maximum atomic E-state index is 11.9. The van der Waals surface area contributed by atoms with Gasteiger partial charge >= 0.3 is 0 Å². The molecule has 98 valence electrons.